The minimum absolute atomic E-state index is 0.392. The molecule has 2 N–H and O–H groups in total. The number of hydrogen-bond donors (Lipinski definition) is 2. The largest absolute Gasteiger partial charge is 0.363 e. The normalized spacial score (nSPS) is 10.0. The fourth-order valence-electron chi connectivity index (χ4n) is 1.14. The van der Waals surface area contributed by atoms with Crippen molar-refractivity contribution in [1.82, 2.24) is 5.16 Å². The highest BCUT2D eigenvalue weighted by Crippen LogP contribution is 2.25. The lowest BCUT2D eigenvalue weighted by Crippen LogP contribution is -2.19. The molecule has 0 fully saturated rings. The molecule has 0 saturated heterocycles. The topological polar surface area (TPSA) is 50.1 Å². The highest BCUT2D eigenvalue weighted by molar-refractivity contribution is 9.10. The molecule has 2 aromatic rings. The Bertz CT molecular complexity index is 532. The number of anilines is 2. The van der Waals surface area contributed by atoms with Crippen LogP contribution in [0.5, 0.6) is 0 Å². The van der Waals surface area contributed by atoms with Gasteiger partial charge in [0.25, 0.3) is 0 Å². The summed E-state index contributed by atoms with van der Waals surface area (Å²) in [5.74, 6) is 0.538. The molecule has 4 nitrogen and oxygen atoms in total. The first kappa shape index (κ1) is 12.3. The molecular formula is C10H7BrClN3OS. The van der Waals surface area contributed by atoms with Gasteiger partial charge in [0.05, 0.1) is 10.7 Å². The van der Waals surface area contributed by atoms with Crippen molar-refractivity contribution >= 4 is 56.4 Å². The van der Waals surface area contributed by atoms with E-state index in [4.69, 9.17) is 23.8 Å². The fraction of sp³-hybridized carbons (Fsp3) is 0. The number of thiocarbonyl (C=S) groups is 1. The van der Waals surface area contributed by atoms with Gasteiger partial charge in [0.1, 0.15) is 6.26 Å². The fourth-order valence-corrected chi connectivity index (χ4v) is 2.07. The Morgan fingerprint density at radius 2 is 2.18 bits per heavy atom. The van der Waals surface area contributed by atoms with Crippen LogP contribution >= 0.6 is 39.7 Å². The third-order valence-electron chi connectivity index (χ3n) is 1.86. The lowest BCUT2D eigenvalue weighted by atomic mass is 10.3. The summed E-state index contributed by atoms with van der Waals surface area (Å²) in [6.07, 6.45) is 1.46. The van der Waals surface area contributed by atoms with Gasteiger partial charge >= 0.3 is 0 Å². The smallest absolute Gasteiger partial charge is 0.176 e. The molecule has 0 atom stereocenters. The molecule has 7 heteroatoms. The standard InChI is InChI=1S/C10H7BrClN3OS/c11-6-1-2-8(7(12)5-6)13-10(17)14-9-3-4-16-15-9/h1-5H,(H2,13,14,15,17). The molecule has 17 heavy (non-hydrogen) atoms. The predicted octanol–water partition coefficient (Wildman–Crippen LogP) is 3.90. The molecule has 1 aromatic carbocycles. The minimum Gasteiger partial charge on any atom is -0.363 e. The van der Waals surface area contributed by atoms with Crippen LogP contribution in [0.25, 0.3) is 0 Å². The first-order valence-corrected chi connectivity index (χ1v) is 6.16. The average molecular weight is 333 g/mol. The van der Waals surface area contributed by atoms with Crippen LogP contribution in [0.2, 0.25) is 5.02 Å². The van der Waals surface area contributed by atoms with Crippen LogP contribution in [0.3, 0.4) is 0 Å². The van der Waals surface area contributed by atoms with Crippen molar-refractivity contribution in [2.45, 2.75) is 0 Å². The highest BCUT2D eigenvalue weighted by atomic mass is 79.9. The summed E-state index contributed by atoms with van der Waals surface area (Å²) in [4.78, 5) is 0. The number of benzene rings is 1. The van der Waals surface area contributed by atoms with Gasteiger partial charge in [-0.15, -0.1) is 0 Å². The number of rotatable bonds is 2. The van der Waals surface area contributed by atoms with Gasteiger partial charge in [-0.3, -0.25) is 0 Å². The monoisotopic (exact) mass is 331 g/mol. The second-order valence-corrected chi connectivity index (χ2v) is 4.82. The van der Waals surface area contributed by atoms with Crippen LogP contribution in [0, 0.1) is 0 Å². The van der Waals surface area contributed by atoms with E-state index in [0.717, 1.165) is 10.2 Å². The van der Waals surface area contributed by atoms with Crippen molar-refractivity contribution in [1.29, 1.82) is 0 Å². The predicted molar refractivity (Wildman–Crippen MR) is 75.5 cm³/mol. The third-order valence-corrected chi connectivity index (χ3v) is 2.87. The summed E-state index contributed by atoms with van der Waals surface area (Å²) in [6.45, 7) is 0. The molecule has 0 saturated carbocycles. The maximum Gasteiger partial charge on any atom is 0.176 e. The maximum absolute atomic E-state index is 6.04. The number of aromatic nitrogens is 1. The molecule has 0 bridgehead atoms. The first-order chi connectivity index (χ1) is 8.15. The molecule has 0 spiro atoms. The number of hydrogen-bond acceptors (Lipinski definition) is 3. The quantitative estimate of drug-likeness (QED) is 0.817. The van der Waals surface area contributed by atoms with E-state index in [1.54, 1.807) is 12.1 Å². The summed E-state index contributed by atoms with van der Waals surface area (Å²) in [5.41, 5.74) is 0.718. The van der Waals surface area contributed by atoms with Gasteiger partial charge < -0.3 is 15.2 Å². The lowest BCUT2D eigenvalue weighted by Gasteiger charge is -2.09. The molecule has 1 aromatic heterocycles. The molecule has 0 radical (unpaired) electrons. The molecule has 0 aliphatic carbocycles. The van der Waals surface area contributed by atoms with Crippen LogP contribution in [0.1, 0.15) is 0 Å². The molecule has 0 aliphatic rings. The van der Waals surface area contributed by atoms with Gasteiger partial charge in [-0.25, -0.2) is 0 Å². The van der Waals surface area contributed by atoms with Crippen LogP contribution in [-0.4, -0.2) is 10.3 Å². The van der Waals surface area contributed by atoms with Crippen molar-refractivity contribution < 1.29 is 4.52 Å². The molecule has 0 aliphatic heterocycles. The zero-order valence-corrected chi connectivity index (χ0v) is 11.6. The third kappa shape index (κ3) is 3.42. The van der Waals surface area contributed by atoms with Gasteiger partial charge in [0.2, 0.25) is 0 Å². The Balaban J connectivity index is 2.03. The van der Waals surface area contributed by atoms with E-state index >= 15 is 0 Å². The molecule has 0 unspecified atom stereocenters. The summed E-state index contributed by atoms with van der Waals surface area (Å²) >= 11 is 14.5. The Morgan fingerprint density at radius 3 is 2.82 bits per heavy atom. The van der Waals surface area contributed by atoms with Crippen molar-refractivity contribution in [2.24, 2.45) is 0 Å². The summed E-state index contributed by atoms with van der Waals surface area (Å²) < 4.78 is 5.58. The van der Waals surface area contributed by atoms with Crippen molar-refractivity contribution in [2.75, 3.05) is 10.6 Å². The summed E-state index contributed by atoms with van der Waals surface area (Å²) in [7, 11) is 0. The van der Waals surface area contributed by atoms with E-state index in [-0.39, 0.29) is 0 Å². The average Bonchev–Trinajstić information content (AvgIpc) is 2.75. The highest BCUT2D eigenvalue weighted by Gasteiger charge is 2.04. The SMILES string of the molecule is S=C(Nc1ccon1)Nc1ccc(Br)cc1Cl. The molecule has 0 amide bonds. The molecule has 1 heterocycles. The Hall–Kier alpha value is -1.11. The van der Waals surface area contributed by atoms with E-state index in [1.807, 2.05) is 12.1 Å². The van der Waals surface area contributed by atoms with Crippen molar-refractivity contribution in [3.63, 3.8) is 0 Å². The van der Waals surface area contributed by atoms with Crippen molar-refractivity contribution in [3.05, 3.63) is 40.0 Å². The van der Waals surface area contributed by atoms with Gasteiger partial charge in [0, 0.05) is 10.5 Å². The van der Waals surface area contributed by atoms with E-state index in [0.29, 0.717) is 16.0 Å². The van der Waals surface area contributed by atoms with E-state index in [2.05, 4.69) is 36.2 Å². The second kappa shape index (κ2) is 5.48. The van der Waals surface area contributed by atoms with E-state index in [9.17, 15) is 0 Å². The van der Waals surface area contributed by atoms with E-state index in [1.165, 1.54) is 6.26 Å². The Morgan fingerprint density at radius 1 is 1.35 bits per heavy atom. The first-order valence-electron chi connectivity index (χ1n) is 4.58. The summed E-state index contributed by atoms with van der Waals surface area (Å²) in [5, 5.41) is 10.5. The molecule has 2 rings (SSSR count). The second-order valence-electron chi connectivity index (χ2n) is 3.09. The number of halogens is 2. The van der Waals surface area contributed by atoms with Crippen LogP contribution in [-0.2, 0) is 0 Å². The Kier molecular flexibility index (Phi) is 3.98. The van der Waals surface area contributed by atoms with Crippen LogP contribution < -0.4 is 10.6 Å². The van der Waals surface area contributed by atoms with Gasteiger partial charge in [-0.05, 0) is 30.4 Å². The zero-order valence-electron chi connectivity index (χ0n) is 8.41. The maximum atomic E-state index is 6.04. The van der Waals surface area contributed by atoms with Gasteiger partial charge in [-0.2, -0.15) is 0 Å². The van der Waals surface area contributed by atoms with Gasteiger partial charge in [-0.1, -0.05) is 32.7 Å². The Labute approximate surface area is 116 Å². The summed E-state index contributed by atoms with van der Waals surface area (Å²) in [6, 6.07) is 7.13. The minimum atomic E-state index is 0.392. The molecular weight excluding hydrogens is 326 g/mol. The molecule has 88 valence electrons. The zero-order chi connectivity index (χ0) is 12.3. The number of nitrogens with one attached hydrogen (secondary N) is 2. The van der Waals surface area contributed by atoms with E-state index < -0.39 is 0 Å². The van der Waals surface area contributed by atoms with Crippen LogP contribution in [0.15, 0.2) is 39.5 Å². The number of nitrogens with zero attached hydrogens (tertiary/aromatic N) is 1. The van der Waals surface area contributed by atoms with Gasteiger partial charge in [0.15, 0.2) is 10.9 Å². The van der Waals surface area contributed by atoms with Crippen LogP contribution in [0.4, 0.5) is 11.5 Å². The lowest BCUT2D eigenvalue weighted by molar-refractivity contribution is 0.423. The van der Waals surface area contributed by atoms with Crippen molar-refractivity contribution in [3.8, 4) is 0 Å².